The van der Waals surface area contributed by atoms with E-state index in [0.717, 1.165) is 11.1 Å². The maximum atomic E-state index is 10.0. The molecule has 104 valence electrons. The van der Waals surface area contributed by atoms with Crippen molar-refractivity contribution >= 4 is 11.6 Å². The minimum absolute atomic E-state index is 0.146. The Morgan fingerprint density at radius 1 is 0.857 bits per heavy atom. The lowest BCUT2D eigenvalue weighted by Gasteiger charge is -2.11. The monoisotopic (exact) mass is 278 g/mol. The first-order chi connectivity index (χ1) is 10.1. The highest BCUT2D eigenvalue weighted by Gasteiger charge is 2.13. The van der Waals surface area contributed by atoms with Crippen molar-refractivity contribution in [2.24, 2.45) is 0 Å². The first-order valence-corrected chi connectivity index (χ1v) is 6.42. The molecule has 21 heavy (non-hydrogen) atoms. The van der Waals surface area contributed by atoms with Crippen molar-refractivity contribution in [3.8, 4) is 28.1 Å². The summed E-state index contributed by atoms with van der Waals surface area (Å²) in [5.41, 5.74) is 15.0. The number of benzene rings is 2. The highest BCUT2D eigenvalue weighted by molar-refractivity contribution is 5.83. The smallest absolute Gasteiger partial charge is 0.220 e. The van der Waals surface area contributed by atoms with Crippen LogP contribution >= 0.6 is 0 Å². The number of phenolic OH excluding ortho intramolecular Hbond substituents is 1. The molecule has 2 aromatic carbocycles. The summed E-state index contributed by atoms with van der Waals surface area (Å²) in [4.78, 5) is 8.33. The van der Waals surface area contributed by atoms with Crippen LogP contribution in [0.1, 0.15) is 0 Å². The fourth-order valence-corrected chi connectivity index (χ4v) is 2.15. The van der Waals surface area contributed by atoms with E-state index in [2.05, 4.69) is 9.97 Å². The van der Waals surface area contributed by atoms with Gasteiger partial charge in [-0.3, -0.25) is 0 Å². The third kappa shape index (κ3) is 2.49. The van der Waals surface area contributed by atoms with Crippen LogP contribution < -0.4 is 11.5 Å². The molecule has 0 radical (unpaired) electrons. The van der Waals surface area contributed by atoms with Gasteiger partial charge in [0.2, 0.25) is 5.95 Å². The molecular weight excluding hydrogens is 264 g/mol. The van der Waals surface area contributed by atoms with Crippen molar-refractivity contribution < 1.29 is 5.11 Å². The van der Waals surface area contributed by atoms with Crippen molar-refractivity contribution in [2.45, 2.75) is 0 Å². The van der Waals surface area contributed by atoms with Crippen LogP contribution in [0.5, 0.6) is 5.75 Å². The molecule has 5 nitrogen and oxygen atoms in total. The summed E-state index contributed by atoms with van der Waals surface area (Å²) in [6.07, 6.45) is 1.65. The SMILES string of the molecule is Nc1ccc(-c2cnc(N)nc2-c2ccccc2O)cc1. The zero-order chi connectivity index (χ0) is 14.8. The molecular formula is C16H14N4O. The summed E-state index contributed by atoms with van der Waals surface area (Å²) < 4.78 is 0. The zero-order valence-electron chi connectivity index (χ0n) is 11.2. The largest absolute Gasteiger partial charge is 0.507 e. The quantitative estimate of drug-likeness (QED) is 0.626. The Bertz CT molecular complexity index is 785. The molecule has 0 aliphatic rings. The molecule has 5 heteroatoms. The van der Waals surface area contributed by atoms with Crippen LogP contribution in [0.3, 0.4) is 0 Å². The summed E-state index contributed by atoms with van der Waals surface area (Å²) >= 11 is 0. The topological polar surface area (TPSA) is 98.0 Å². The van der Waals surface area contributed by atoms with Gasteiger partial charge in [-0.05, 0) is 29.8 Å². The van der Waals surface area contributed by atoms with Crippen LogP contribution in [0.15, 0.2) is 54.7 Å². The average molecular weight is 278 g/mol. The van der Waals surface area contributed by atoms with Crippen LogP contribution in [0.4, 0.5) is 11.6 Å². The summed E-state index contributed by atoms with van der Waals surface area (Å²) in [7, 11) is 0. The number of anilines is 2. The number of phenols is 1. The van der Waals surface area contributed by atoms with Crippen LogP contribution in [0.25, 0.3) is 22.4 Å². The Labute approximate surface area is 121 Å². The average Bonchev–Trinajstić information content (AvgIpc) is 2.49. The summed E-state index contributed by atoms with van der Waals surface area (Å²) in [6.45, 7) is 0. The first-order valence-electron chi connectivity index (χ1n) is 6.42. The second-order valence-corrected chi connectivity index (χ2v) is 4.63. The Kier molecular flexibility index (Phi) is 3.16. The van der Waals surface area contributed by atoms with Gasteiger partial charge in [-0.25, -0.2) is 9.97 Å². The molecule has 3 rings (SSSR count). The predicted octanol–water partition coefficient (Wildman–Crippen LogP) is 2.68. The Balaban J connectivity index is 2.23. The van der Waals surface area contributed by atoms with E-state index in [1.807, 2.05) is 18.2 Å². The second kappa shape index (κ2) is 5.13. The molecule has 3 aromatic rings. The molecule has 0 unspecified atom stereocenters. The van der Waals surface area contributed by atoms with Gasteiger partial charge in [0.1, 0.15) is 5.75 Å². The van der Waals surface area contributed by atoms with E-state index in [9.17, 15) is 5.11 Å². The fourth-order valence-electron chi connectivity index (χ4n) is 2.15. The normalized spacial score (nSPS) is 10.5. The molecule has 0 bridgehead atoms. The zero-order valence-corrected chi connectivity index (χ0v) is 11.2. The maximum absolute atomic E-state index is 10.0. The highest BCUT2D eigenvalue weighted by Crippen LogP contribution is 2.35. The molecule has 0 amide bonds. The van der Waals surface area contributed by atoms with Crippen molar-refractivity contribution in [1.29, 1.82) is 0 Å². The standard InChI is InChI=1S/C16H14N4O/c17-11-7-5-10(6-8-11)13-9-19-16(18)20-15(13)12-3-1-2-4-14(12)21/h1-9,21H,17H2,(H2,18,19,20). The number of hydrogen-bond donors (Lipinski definition) is 3. The number of para-hydroxylation sites is 1. The van der Waals surface area contributed by atoms with Crippen LogP contribution in [-0.2, 0) is 0 Å². The van der Waals surface area contributed by atoms with Gasteiger partial charge in [-0.15, -0.1) is 0 Å². The van der Waals surface area contributed by atoms with E-state index < -0.39 is 0 Å². The predicted molar refractivity (Wildman–Crippen MR) is 83.4 cm³/mol. The van der Waals surface area contributed by atoms with E-state index in [-0.39, 0.29) is 11.7 Å². The molecule has 0 atom stereocenters. The third-order valence-corrected chi connectivity index (χ3v) is 3.19. The van der Waals surface area contributed by atoms with Crippen molar-refractivity contribution in [1.82, 2.24) is 9.97 Å². The minimum Gasteiger partial charge on any atom is -0.507 e. The van der Waals surface area contributed by atoms with E-state index in [4.69, 9.17) is 11.5 Å². The summed E-state index contributed by atoms with van der Waals surface area (Å²) in [6, 6.07) is 14.4. The van der Waals surface area contributed by atoms with Gasteiger partial charge >= 0.3 is 0 Å². The lowest BCUT2D eigenvalue weighted by Crippen LogP contribution is -1.99. The van der Waals surface area contributed by atoms with Gasteiger partial charge < -0.3 is 16.6 Å². The summed E-state index contributed by atoms with van der Waals surface area (Å²) in [5, 5.41) is 10.0. The van der Waals surface area contributed by atoms with Gasteiger partial charge in [0.25, 0.3) is 0 Å². The van der Waals surface area contributed by atoms with Crippen LogP contribution in [-0.4, -0.2) is 15.1 Å². The summed E-state index contributed by atoms with van der Waals surface area (Å²) in [5.74, 6) is 0.305. The first kappa shape index (κ1) is 12.9. The fraction of sp³-hybridized carbons (Fsp3) is 0. The van der Waals surface area contributed by atoms with Gasteiger partial charge in [0, 0.05) is 23.0 Å². The number of nitrogens with two attached hydrogens (primary N) is 2. The minimum atomic E-state index is 0.146. The number of nitrogen functional groups attached to an aromatic ring is 2. The molecule has 5 N–H and O–H groups in total. The second-order valence-electron chi connectivity index (χ2n) is 4.63. The Morgan fingerprint density at radius 3 is 2.29 bits per heavy atom. The Morgan fingerprint density at radius 2 is 1.57 bits per heavy atom. The molecule has 0 saturated heterocycles. The number of aromatic nitrogens is 2. The highest BCUT2D eigenvalue weighted by atomic mass is 16.3. The maximum Gasteiger partial charge on any atom is 0.220 e. The number of rotatable bonds is 2. The molecule has 0 fully saturated rings. The molecule has 0 aliphatic carbocycles. The van der Waals surface area contributed by atoms with Gasteiger partial charge in [-0.1, -0.05) is 24.3 Å². The molecule has 1 heterocycles. The molecule has 0 aliphatic heterocycles. The van der Waals surface area contributed by atoms with Crippen LogP contribution in [0.2, 0.25) is 0 Å². The van der Waals surface area contributed by atoms with E-state index >= 15 is 0 Å². The Hall–Kier alpha value is -3.08. The van der Waals surface area contributed by atoms with Gasteiger partial charge in [-0.2, -0.15) is 0 Å². The van der Waals surface area contributed by atoms with Gasteiger partial charge in [0.15, 0.2) is 0 Å². The molecule has 1 aromatic heterocycles. The van der Waals surface area contributed by atoms with Gasteiger partial charge in [0.05, 0.1) is 5.69 Å². The number of hydrogen-bond acceptors (Lipinski definition) is 5. The molecule has 0 saturated carbocycles. The van der Waals surface area contributed by atoms with E-state index in [0.29, 0.717) is 16.9 Å². The third-order valence-electron chi connectivity index (χ3n) is 3.19. The lowest BCUT2D eigenvalue weighted by molar-refractivity contribution is 0.477. The lowest BCUT2D eigenvalue weighted by atomic mass is 10.00. The van der Waals surface area contributed by atoms with Crippen molar-refractivity contribution in [2.75, 3.05) is 11.5 Å². The number of aromatic hydroxyl groups is 1. The van der Waals surface area contributed by atoms with E-state index in [1.165, 1.54) is 0 Å². The van der Waals surface area contributed by atoms with Crippen molar-refractivity contribution in [3.63, 3.8) is 0 Å². The van der Waals surface area contributed by atoms with E-state index in [1.54, 1.807) is 36.5 Å². The van der Waals surface area contributed by atoms with Crippen molar-refractivity contribution in [3.05, 3.63) is 54.7 Å². The molecule has 0 spiro atoms. The van der Waals surface area contributed by atoms with Crippen LogP contribution in [0, 0.1) is 0 Å². The number of nitrogens with zero attached hydrogens (tertiary/aromatic N) is 2.